The van der Waals surface area contributed by atoms with E-state index in [4.69, 9.17) is 4.74 Å². The lowest BCUT2D eigenvalue weighted by molar-refractivity contribution is -0.138. The van der Waals surface area contributed by atoms with Crippen molar-refractivity contribution < 1.29 is 19.4 Å². The maximum Gasteiger partial charge on any atom is 0.305 e. The number of carboxylic acid groups (broad SMARTS) is 1. The third-order valence-corrected chi connectivity index (χ3v) is 5.12. The van der Waals surface area contributed by atoms with Crippen LogP contribution in [0, 0.1) is 5.92 Å². The van der Waals surface area contributed by atoms with E-state index in [0.29, 0.717) is 23.5 Å². The van der Waals surface area contributed by atoms with E-state index in [1.54, 1.807) is 42.6 Å². The molecule has 0 spiro atoms. The Balaban J connectivity index is 1.87. The fourth-order valence-electron chi connectivity index (χ4n) is 3.60. The van der Waals surface area contributed by atoms with Crippen molar-refractivity contribution in [3.63, 3.8) is 0 Å². The highest BCUT2D eigenvalue weighted by atomic mass is 16.5. The van der Waals surface area contributed by atoms with Crippen LogP contribution in [0.15, 0.2) is 83.8 Å². The van der Waals surface area contributed by atoms with Crippen LogP contribution in [-0.4, -0.2) is 21.6 Å². The van der Waals surface area contributed by atoms with E-state index in [2.05, 4.69) is 5.32 Å². The van der Waals surface area contributed by atoms with Crippen LogP contribution in [0.3, 0.4) is 0 Å². The summed E-state index contributed by atoms with van der Waals surface area (Å²) in [7, 11) is 0. The Morgan fingerprint density at radius 3 is 2.33 bits per heavy atom. The SMILES string of the molecule is CC(C)CC(C(=O)NC(CC(=O)O)c1cccc(Oc2ccccc2)c1)n1ccccc1=O. The molecule has 2 N–H and O–H groups in total. The molecule has 0 saturated carbocycles. The van der Waals surface area contributed by atoms with Crippen LogP contribution in [0.1, 0.15) is 44.3 Å². The predicted octanol–water partition coefficient (Wildman–Crippen LogP) is 4.56. The third-order valence-electron chi connectivity index (χ3n) is 5.12. The van der Waals surface area contributed by atoms with E-state index in [-0.39, 0.29) is 17.9 Å². The largest absolute Gasteiger partial charge is 0.481 e. The number of amides is 1. The zero-order valence-corrected chi connectivity index (χ0v) is 18.7. The number of aromatic nitrogens is 1. The standard InChI is InChI=1S/C26H28N2O5/c1-18(2)15-23(28-14-7-6-13-24(28)29)26(32)27-22(17-25(30)31)19-9-8-12-21(16-19)33-20-10-4-3-5-11-20/h3-14,16,18,22-23H,15,17H2,1-2H3,(H,27,32)(H,30,31). The highest BCUT2D eigenvalue weighted by Gasteiger charge is 2.26. The molecule has 0 saturated heterocycles. The molecule has 0 radical (unpaired) electrons. The van der Waals surface area contributed by atoms with Gasteiger partial charge in [-0.1, -0.05) is 50.2 Å². The van der Waals surface area contributed by atoms with Gasteiger partial charge in [-0.3, -0.25) is 14.4 Å². The molecule has 3 aromatic rings. The number of hydrogen-bond acceptors (Lipinski definition) is 4. The minimum atomic E-state index is -1.05. The Hall–Kier alpha value is -3.87. The van der Waals surface area contributed by atoms with Crippen LogP contribution in [0.5, 0.6) is 11.5 Å². The summed E-state index contributed by atoms with van der Waals surface area (Å²) in [6.07, 6.45) is 1.71. The Kier molecular flexibility index (Phi) is 8.02. The second-order valence-electron chi connectivity index (χ2n) is 8.24. The fraction of sp³-hybridized carbons (Fsp3) is 0.269. The molecule has 0 aliphatic rings. The number of carboxylic acids is 1. The molecular weight excluding hydrogens is 420 g/mol. The summed E-state index contributed by atoms with van der Waals surface area (Å²) in [6, 6.07) is 19.4. The summed E-state index contributed by atoms with van der Waals surface area (Å²) < 4.78 is 7.25. The number of hydrogen-bond donors (Lipinski definition) is 2. The number of carbonyl (C=O) groups excluding carboxylic acids is 1. The molecule has 2 aromatic carbocycles. The monoisotopic (exact) mass is 448 g/mol. The molecule has 1 amide bonds. The minimum Gasteiger partial charge on any atom is -0.481 e. The fourth-order valence-corrected chi connectivity index (χ4v) is 3.60. The number of pyridine rings is 1. The van der Waals surface area contributed by atoms with Gasteiger partial charge in [0.1, 0.15) is 17.5 Å². The molecule has 7 heteroatoms. The highest BCUT2D eigenvalue weighted by molar-refractivity contribution is 5.81. The summed E-state index contributed by atoms with van der Waals surface area (Å²) in [5.74, 6) is -0.131. The van der Waals surface area contributed by atoms with Crippen molar-refractivity contribution in [2.45, 2.75) is 38.8 Å². The second-order valence-corrected chi connectivity index (χ2v) is 8.24. The van der Waals surface area contributed by atoms with Crippen LogP contribution in [0.2, 0.25) is 0 Å². The zero-order valence-electron chi connectivity index (χ0n) is 18.7. The van der Waals surface area contributed by atoms with Crippen molar-refractivity contribution in [1.29, 1.82) is 0 Å². The number of nitrogens with zero attached hydrogens (tertiary/aromatic N) is 1. The second kappa shape index (κ2) is 11.1. The van der Waals surface area contributed by atoms with Crippen molar-refractivity contribution >= 4 is 11.9 Å². The van der Waals surface area contributed by atoms with E-state index in [1.807, 2.05) is 44.2 Å². The Bertz CT molecular complexity index is 1140. The molecule has 172 valence electrons. The molecule has 3 rings (SSSR count). The van der Waals surface area contributed by atoms with Crippen molar-refractivity contribution in [3.8, 4) is 11.5 Å². The molecule has 1 heterocycles. The van der Waals surface area contributed by atoms with Gasteiger partial charge in [-0.05, 0) is 48.2 Å². The zero-order chi connectivity index (χ0) is 23.8. The van der Waals surface area contributed by atoms with E-state index in [0.717, 1.165) is 0 Å². The maximum atomic E-state index is 13.3. The molecule has 0 bridgehead atoms. The smallest absolute Gasteiger partial charge is 0.305 e. The van der Waals surface area contributed by atoms with Gasteiger partial charge in [-0.15, -0.1) is 0 Å². The lowest BCUT2D eigenvalue weighted by atomic mass is 9.99. The van der Waals surface area contributed by atoms with Crippen molar-refractivity contribution in [3.05, 3.63) is 94.9 Å². The van der Waals surface area contributed by atoms with Gasteiger partial charge < -0.3 is 19.7 Å². The number of rotatable bonds is 10. The summed E-state index contributed by atoms with van der Waals surface area (Å²) in [5, 5.41) is 12.3. The van der Waals surface area contributed by atoms with Crippen LogP contribution in [-0.2, 0) is 9.59 Å². The molecule has 2 unspecified atom stereocenters. The van der Waals surface area contributed by atoms with Gasteiger partial charge in [0.25, 0.3) is 5.56 Å². The number of aliphatic carboxylic acids is 1. The Morgan fingerprint density at radius 1 is 0.970 bits per heavy atom. The van der Waals surface area contributed by atoms with E-state index >= 15 is 0 Å². The third kappa shape index (κ3) is 6.80. The number of ether oxygens (including phenoxy) is 1. The molecule has 0 aliphatic carbocycles. The number of nitrogens with one attached hydrogen (secondary N) is 1. The van der Waals surface area contributed by atoms with Crippen LogP contribution in [0.25, 0.3) is 0 Å². The lowest BCUT2D eigenvalue weighted by Gasteiger charge is -2.25. The van der Waals surface area contributed by atoms with Gasteiger partial charge in [-0.2, -0.15) is 0 Å². The molecular formula is C26H28N2O5. The molecule has 1 aromatic heterocycles. The number of benzene rings is 2. The van der Waals surface area contributed by atoms with Gasteiger partial charge in [0.2, 0.25) is 5.91 Å². The molecule has 2 atom stereocenters. The van der Waals surface area contributed by atoms with Gasteiger partial charge in [0, 0.05) is 12.3 Å². The Labute approximate surface area is 192 Å². The first-order chi connectivity index (χ1) is 15.8. The van der Waals surface area contributed by atoms with Crippen molar-refractivity contribution in [2.24, 2.45) is 5.92 Å². The van der Waals surface area contributed by atoms with E-state index in [1.165, 1.54) is 10.6 Å². The highest BCUT2D eigenvalue weighted by Crippen LogP contribution is 2.27. The summed E-state index contributed by atoms with van der Waals surface area (Å²) >= 11 is 0. The van der Waals surface area contributed by atoms with Gasteiger partial charge in [0.05, 0.1) is 12.5 Å². The lowest BCUT2D eigenvalue weighted by Crippen LogP contribution is -2.39. The average Bonchev–Trinajstić information content (AvgIpc) is 2.78. The van der Waals surface area contributed by atoms with Crippen LogP contribution in [0.4, 0.5) is 0 Å². The first kappa shape index (κ1) is 23.8. The summed E-state index contributed by atoms with van der Waals surface area (Å²) in [5.41, 5.74) is 0.314. The van der Waals surface area contributed by atoms with Gasteiger partial charge in [0.15, 0.2) is 0 Å². The normalized spacial score (nSPS) is 12.7. The van der Waals surface area contributed by atoms with Crippen molar-refractivity contribution in [2.75, 3.05) is 0 Å². The summed E-state index contributed by atoms with van der Waals surface area (Å²) in [6.45, 7) is 3.93. The average molecular weight is 449 g/mol. The van der Waals surface area contributed by atoms with Crippen LogP contribution < -0.4 is 15.6 Å². The van der Waals surface area contributed by atoms with E-state index in [9.17, 15) is 19.5 Å². The van der Waals surface area contributed by atoms with Gasteiger partial charge >= 0.3 is 5.97 Å². The van der Waals surface area contributed by atoms with E-state index < -0.39 is 24.0 Å². The summed E-state index contributed by atoms with van der Waals surface area (Å²) in [4.78, 5) is 37.2. The molecule has 7 nitrogen and oxygen atoms in total. The quantitative estimate of drug-likeness (QED) is 0.474. The molecule has 33 heavy (non-hydrogen) atoms. The van der Waals surface area contributed by atoms with Crippen LogP contribution >= 0.6 is 0 Å². The number of carbonyl (C=O) groups is 2. The van der Waals surface area contributed by atoms with Crippen molar-refractivity contribution in [1.82, 2.24) is 9.88 Å². The first-order valence-corrected chi connectivity index (χ1v) is 10.9. The first-order valence-electron chi connectivity index (χ1n) is 10.9. The Morgan fingerprint density at radius 2 is 1.67 bits per heavy atom. The maximum absolute atomic E-state index is 13.3. The topological polar surface area (TPSA) is 97.6 Å². The predicted molar refractivity (Wildman–Crippen MR) is 125 cm³/mol. The number of para-hydroxylation sites is 1. The molecule has 0 aliphatic heterocycles. The molecule has 0 fully saturated rings. The minimum absolute atomic E-state index is 0.147. The van der Waals surface area contributed by atoms with Gasteiger partial charge in [-0.25, -0.2) is 0 Å².